The van der Waals surface area contributed by atoms with Gasteiger partial charge in [-0.05, 0) is 30.7 Å². The first-order valence-corrected chi connectivity index (χ1v) is 8.90. The lowest BCUT2D eigenvalue weighted by Gasteiger charge is -2.51. The number of ether oxygens (including phenoxy) is 1. The Morgan fingerprint density at radius 3 is 2.73 bits per heavy atom. The lowest BCUT2D eigenvalue weighted by atomic mass is 9.64. The molecular weight excluding hydrogens is 354 g/mol. The van der Waals surface area contributed by atoms with Gasteiger partial charge in [0.25, 0.3) is 0 Å². The summed E-state index contributed by atoms with van der Waals surface area (Å²) in [4.78, 5) is 8.66. The first kappa shape index (κ1) is 18.7. The van der Waals surface area contributed by atoms with E-state index in [1.54, 1.807) is 26.3 Å². The van der Waals surface area contributed by atoms with E-state index in [9.17, 15) is 0 Å². The summed E-state index contributed by atoms with van der Waals surface area (Å²) < 4.78 is 10.8. The highest BCUT2D eigenvalue weighted by molar-refractivity contribution is 6.30. The maximum Gasteiger partial charge on any atom is 0.246 e. The van der Waals surface area contributed by atoms with Gasteiger partial charge in [-0.2, -0.15) is 4.98 Å². The predicted molar refractivity (Wildman–Crippen MR) is 101 cm³/mol. The molecule has 1 heterocycles. The van der Waals surface area contributed by atoms with E-state index < -0.39 is 0 Å². The van der Waals surface area contributed by atoms with Gasteiger partial charge in [0.2, 0.25) is 11.7 Å². The maximum absolute atomic E-state index is 5.90. The van der Waals surface area contributed by atoms with Gasteiger partial charge in [-0.25, -0.2) is 0 Å². The SMILES string of the molecule is CN=C(NCc1nc(-c2ccc(Cl)cc2)no1)NC1CC(OC)C1(C)C. The summed E-state index contributed by atoms with van der Waals surface area (Å²) >= 11 is 5.90. The van der Waals surface area contributed by atoms with Crippen molar-refractivity contribution in [2.45, 2.75) is 39.0 Å². The molecule has 0 radical (unpaired) electrons. The molecule has 8 heteroatoms. The minimum Gasteiger partial charge on any atom is -0.381 e. The molecule has 0 saturated heterocycles. The van der Waals surface area contributed by atoms with Crippen molar-refractivity contribution in [1.29, 1.82) is 0 Å². The molecule has 2 unspecified atom stereocenters. The molecule has 0 aliphatic heterocycles. The fourth-order valence-corrected chi connectivity index (χ4v) is 3.22. The Kier molecular flexibility index (Phi) is 5.48. The summed E-state index contributed by atoms with van der Waals surface area (Å²) in [5.41, 5.74) is 0.909. The number of guanidine groups is 1. The average molecular weight is 378 g/mol. The number of benzene rings is 1. The second-order valence-electron chi connectivity index (χ2n) is 6.92. The Morgan fingerprint density at radius 1 is 1.38 bits per heavy atom. The van der Waals surface area contributed by atoms with Crippen LogP contribution in [0.15, 0.2) is 33.8 Å². The number of rotatable bonds is 5. The van der Waals surface area contributed by atoms with Gasteiger partial charge in [0.05, 0.1) is 12.6 Å². The second-order valence-corrected chi connectivity index (χ2v) is 7.36. The maximum atomic E-state index is 5.90. The largest absolute Gasteiger partial charge is 0.381 e. The zero-order valence-electron chi connectivity index (χ0n) is 15.4. The van der Waals surface area contributed by atoms with Crippen molar-refractivity contribution in [3.8, 4) is 11.4 Å². The molecule has 2 atom stereocenters. The molecule has 140 valence electrons. The van der Waals surface area contributed by atoms with Gasteiger partial charge < -0.3 is 19.9 Å². The van der Waals surface area contributed by atoms with Gasteiger partial charge in [0.15, 0.2) is 5.96 Å². The Morgan fingerprint density at radius 2 is 2.12 bits per heavy atom. The van der Waals surface area contributed by atoms with Crippen molar-refractivity contribution in [2.24, 2.45) is 10.4 Å². The molecule has 1 aromatic carbocycles. The Balaban J connectivity index is 1.56. The Labute approximate surface area is 158 Å². The van der Waals surface area contributed by atoms with Gasteiger partial charge in [-0.3, -0.25) is 4.99 Å². The van der Waals surface area contributed by atoms with Crippen molar-refractivity contribution in [1.82, 2.24) is 20.8 Å². The number of nitrogens with zero attached hydrogens (tertiary/aromatic N) is 3. The first-order valence-electron chi connectivity index (χ1n) is 8.52. The number of nitrogens with one attached hydrogen (secondary N) is 2. The van der Waals surface area contributed by atoms with Gasteiger partial charge in [0.1, 0.15) is 0 Å². The summed E-state index contributed by atoms with van der Waals surface area (Å²) in [5, 5.41) is 11.3. The molecule has 0 bridgehead atoms. The minimum absolute atomic E-state index is 0.0542. The molecule has 1 saturated carbocycles. The number of aliphatic imine (C=N–C) groups is 1. The van der Waals surface area contributed by atoms with Gasteiger partial charge in [-0.15, -0.1) is 0 Å². The van der Waals surface area contributed by atoms with E-state index in [2.05, 4.69) is 39.6 Å². The lowest BCUT2D eigenvalue weighted by molar-refractivity contribution is -0.0922. The standard InChI is InChI=1S/C18H24ClN5O2/c1-18(2)13(9-14(18)25-4)22-17(20-3)21-10-15-23-16(24-26-15)11-5-7-12(19)8-6-11/h5-8,13-14H,9-10H2,1-4H3,(H2,20,21,22). The van der Waals surface area contributed by atoms with Gasteiger partial charge in [0, 0.05) is 36.2 Å². The van der Waals surface area contributed by atoms with Crippen LogP contribution in [0.2, 0.25) is 5.02 Å². The zero-order chi connectivity index (χ0) is 18.7. The molecule has 7 nitrogen and oxygen atoms in total. The molecular formula is C18H24ClN5O2. The Hall–Kier alpha value is -2.12. The van der Waals surface area contributed by atoms with Gasteiger partial charge >= 0.3 is 0 Å². The van der Waals surface area contributed by atoms with E-state index in [1.807, 2.05) is 12.1 Å². The molecule has 26 heavy (non-hydrogen) atoms. The highest BCUT2D eigenvalue weighted by Crippen LogP contribution is 2.42. The highest BCUT2D eigenvalue weighted by Gasteiger charge is 2.48. The molecule has 2 N–H and O–H groups in total. The van der Waals surface area contributed by atoms with Crippen LogP contribution >= 0.6 is 11.6 Å². The van der Waals surface area contributed by atoms with E-state index in [1.165, 1.54) is 0 Å². The van der Waals surface area contributed by atoms with E-state index in [0.717, 1.165) is 12.0 Å². The molecule has 1 aliphatic carbocycles. The van der Waals surface area contributed by atoms with Gasteiger partial charge in [-0.1, -0.05) is 30.6 Å². The summed E-state index contributed by atoms with van der Waals surface area (Å²) in [5.74, 6) is 1.72. The van der Waals surface area contributed by atoms with Crippen LogP contribution < -0.4 is 10.6 Å². The van der Waals surface area contributed by atoms with E-state index >= 15 is 0 Å². The molecule has 1 aliphatic rings. The van der Waals surface area contributed by atoms with Crippen molar-refractivity contribution in [3.63, 3.8) is 0 Å². The number of hydrogen-bond acceptors (Lipinski definition) is 5. The summed E-state index contributed by atoms with van der Waals surface area (Å²) in [6, 6.07) is 7.60. The van der Waals surface area contributed by atoms with Crippen LogP contribution in [0.1, 0.15) is 26.2 Å². The van der Waals surface area contributed by atoms with Crippen LogP contribution in [0, 0.1) is 5.41 Å². The third-order valence-corrected chi connectivity index (χ3v) is 5.23. The predicted octanol–water partition coefficient (Wildman–Crippen LogP) is 2.87. The molecule has 0 spiro atoms. The average Bonchev–Trinajstić information content (AvgIpc) is 3.10. The quantitative estimate of drug-likeness (QED) is 0.615. The monoisotopic (exact) mass is 377 g/mol. The second kappa shape index (κ2) is 7.63. The highest BCUT2D eigenvalue weighted by atomic mass is 35.5. The van der Waals surface area contributed by atoms with E-state index in [-0.39, 0.29) is 11.5 Å². The van der Waals surface area contributed by atoms with Crippen LogP contribution in [-0.2, 0) is 11.3 Å². The van der Waals surface area contributed by atoms with Crippen molar-refractivity contribution in [2.75, 3.05) is 14.2 Å². The summed E-state index contributed by atoms with van der Waals surface area (Å²) in [7, 11) is 3.49. The lowest BCUT2D eigenvalue weighted by Crippen LogP contribution is -2.63. The van der Waals surface area contributed by atoms with Crippen LogP contribution in [-0.4, -0.2) is 42.4 Å². The number of methoxy groups -OCH3 is 1. The minimum atomic E-state index is 0.0542. The third-order valence-electron chi connectivity index (χ3n) is 4.97. The van der Waals surface area contributed by atoms with Crippen LogP contribution in [0.5, 0.6) is 0 Å². The normalized spacial score (nSPS) is 22.0. The Bertz CT molecular complexity index is 772. The topological polar surface area (TPSA) is 84.6 Å². The summed E-state index contributed by atoms with van der Waals surface area (Å²) in [6.45, 7) is 4.76. The first-order chi connectivity index (χ1) is 12.4. The van der Waals surface area contributed by atoms with Crippen molar-refractivity contribution < 1.29 is 9.26 Å². The molecule has 0 amide bonds. The fraction of sp³-hybridized carbons (Fsp3) is 0.500. The van der Waals surface area contributed by atoms with Crippen LogP contribution in [0.3, 0.4) is 0 Å². The van der Waals surface area contributed by atoms with Crippen molar-refractivity contribution >= 4 is 17.6 Å². The number of aromatic nitrogens is 2. The van der Waals surface area contributed by atoms with Crippen LogP contribution in [0.25, 0.3) is 11.4 Å². The number of halogens is 1. The fourth-order valence-electron chi connectivity index (χ4n) is 3.09. The van der Waals surface area contributed by atoms with Crippen LogP contribution in [0.4, 0.5) is 0 Å². The van der Waals surface area contributed by atoms with E-state index in [4.69, 9.17) is 20.9 Å². The third kappa shape index (κ3) is 3.83. The van der Waals surface area contributed by atoms with Crippen molar-refractivity contribution in [3.05, 3.63) is 35.2 Å². The summed E-state index contributed by atoms with van der Waals surface area (Å²) in [6.07, 6.45) is 1.21. The molecule has 1 aromatic heterocycles. The molecule has 2 aromatic rings. The van der Waals surface area contributed by atoms with E-state index in [0.29, 0.717) is 35.3 Å². The smallest absolute Gasteiger partial charge is 0.246 e. The number of hydrogen-bond donors (Lipinski definition) is 2. The zero-order valence-corrected chi connectivity index (χ0v) is 16.2. The molecule has 3 rings (SSSR count). The molecule has 1 fully saturated rings.